The maximum absolute atomic E-state index is 5.64. The summed E-state index contributed by atoms with van der Waals surface area (Å²) in [4.78, 5) is 10.4. The van der Waals surface area contributed by atoms with Crippen molar-refractivity contribution in [3.05, 3.63) is 54.4 Å². The molecule has 0 aliphatic carbocycles. The highest BCUT2D eigenvalue weighted by molar-refractivity contribution is 5.25. The first-order valence-electron chi connectivity index (χ1n) is 6.46. The predicted molar refractivity (Wildman–Crippen MR) is 76.0 cm³/mol. The van der Waals surface area contributed by atoms with E-state index in [1.165, 1.54) is 5.56 Å². The fraction of sp³-hybridized carbons (Fsp3) is 0.333. The van der Waals surface area contributed by atoms with E-state index in [0.717, 1.165) is 25.5 Å². The van der Waals surface area contributed by atoms with Crippen molar-refractivity contribution in [2.45, 2.75) is 13.0 Å². The normalized spacial score (nSPS) is 10.4. The van der Waals surface area contributed by atoms with Gasteiger partial charge in [0.15, 0.2) is 0 Å². The summed E-state index contributed by atoms with van der Waals surface area (Å²) in [6.07, 6.45) is 4.47. The zero-order chi connectivity index (χ0) is 13.3. The van der Waals surface area contributed by atoms with Gasteiger partial charge in [-0.3, -0.25) is 0 Å². The molecule has 0 N–H and O–H groups in total. The predicted octanol–water partition coefficient (Wildman–Crippen LogP) is 2.52. The van der Waals surface area contributed by atoms with E-state index in [0.29, 0.717) is 6.61 Å². The number of hydrogen-bond donors (Lipinski definition) is 0. The summed E-state index contributed by atoms with van der Waals surface area (Å²) in [7, 11) is 1.99. The average molecular weight is 257 g/mol. The van der Waals surface area contributed by atoms with Crippen molar-refractivity contribution < 1.29 is 4.74 Å². The van der Waals surface area contributed by atoms with Gasteiger partial charge in [0.2, 0.25) is 5.95 Å². The van der Waals surface area contributed by atoms with E-state index < -0.39 is 0 Å². The Kier molecular flexibility index (Phi) is 5.31. The lowest BCUT2D eigenvalue weighted by atomic mass is 10.2. The number of ether oxygens (including phenoxy) is 1. The van der Waals surface area contributed by atoms with Gasteiger partial charge in [0.1, 0.15) is 0 Å². The highest BCUT2D eigenvalue weighted by Crippen LogP contribution is 2.04. The van der Waals surface area contributed by atoms with Crippen LogP contribution in [0.2, 0.25) is 0 Å². The van der Waals surface area contributed by atoms with Crippen LogP contribution in [0.4, 0.5) is 5.95 Å². The van der Waals surface area contributed by atoms with Gasteiger partial charge in [-0.25, -0.2) is 9.97 Å². The van der Waals surface area contributed by atoms with Gasteiger partial charge in [-0.15, -0.1) is 0 Å². The molecule has 0 amide bonds. The first-order chi connectivity index (χ1) is 9.36. The van der Waals surface area contributed by atoms with Gasteiger partial charge in [-0.05, 0) is 18.1 Å². The quantitative estimate of drug-likeness (QED) is 0.714. The summed E-state index contributed by atoms with van der Waals surface area (Å²) >= 11 is 0. The molecule has 0 radical (unpaired) electrons. The molecule has 0 fully saturated rings. The maximum Gasteiger partial charge on any atom is 0.224 e. The lowest BCUT2D eigenvalue weighted by molar-refractivity contribution is 0.119. The molecule has 1 aromatic heterocycles. The van der Waals surface area contributed by atoms with Crippen molar-refractivity contribution in [1.29, 1.82) is 0 Å². The van der Waals surface area contributed by atoms with Crippen molar-refractivity contribution in [3.8, 4) is 0 Å². The molecule has 0 saturated carbocycles. The molecule has 4 heteroatoms. The van der Waals surface area contributed by atoms with E-state index in [-0.39, 0.29) is 0 Å². The molecule has 1 heterocycles. The number of rotatable bonds is 7. The minimum absolute atomic E-state index is 0.673. The van der Waals surface area contributed by atoms with Crippen molar-refractivity contribution in [3.63, 3.8) is 0 Å². The number of benzene rings is 1. The van der Waals surface area contributed by atoms with Crippen LogP contribution in [-0.2, 0) is 11.3 Å². The second kappa shape index (κ2) is 7.48. The SMILES string of the molecule is CN(CCCOCc1ccccc1)c1ncccn1. The standard InChI is InChI=1S/C15H19N3O/c1-18(15-16-9-5-10-17-15)11-6-12-19-13-14-7-3-2-4-8-14/h2-5,7-10H,6,11-13H2,1H3. The maximum atomic E-state index is 5.64. The van der Waals surface area contributed by atoms with E-state index in [4.69, 9.17) is 4.74 Å². The van der Waals surface area contributed by atoms with Gasteiger partial charge in [-0.1, -0.05) is 30.3 Å². The monoisotopic (exact) mass is 257 g/mol. The third kappa shape index (κ3) is 4.67. The molecule has 0 atom stereocenters. The summed E-state index contributed by atoms with van der Waals surface area (Å²) in [5.41, 5.74) is 1.21. The first-order valence-corrected chi connectivity index (χ1v) is 6.46. The lowest BCUT2D eigenvalue weighted by Gasteiger charge is -2.16. The molecule has 0 aliphatic heterocycles. The van der Waals surface area contributed by atoms with Crippen LogP contribution in [0.3, 0.4) is 0 Å². The third-order valence-corrected chi connectivity index (χ3v) is 2.79. The van der Waals surface area contributed by atoms with Crippen LogP contribution in [0.25, 0.3) is 0 Å². The Hall–Kier alpha value is -1.94. The van der Waals surface area contributed by atoms with Gasteiger partial charge < -0.3 is 9.64 Å². The highest BCUT2D eigenvalue weighted by atomic mass is 16.5. The van der Waals surface area contributed by atoms with Gasteiger partial charge in [0, 0.05) is 32.6 Å². The highest BCUT2D eigenvalue weighted by Gasteiger charge is 2.02. The molecule has 100 valence electrons. The molecular formula is C15H19N3O. The van der Waals surface area contributed by atoms with Gasteiger partial charge in [-0.2, -0.15) is 0 Å². The van der Waals surface area contributed by atoms with Crippen molar-refractivity contribution in [2.75, 3.05) is 25.1 Å². The molecular weight excluding hydrogens is 238 g/mol. The number of hydrogen-bond acceptors (Lipinski definition) is 4. The fourth-order valence-corrected chi connectivity index (χ4v) is 1.76. The Morgan fingerprint density at radius 2 is 1.79 bits per heavy atom. The summed E-state index contributed by atoms with van der Waals surface area (Å²) in [6, 6.07) is 12.0. The summed E-state index contributed by atoms with van der Waals surface area (Å²) in [5.74, 6) is 0.755. The van der Waals surface area contributed by atoms with E-state index in [9.17, 15) is 0 Å². The zero-order valence-electron chi connectivity index (χ0n) is 11.2. The van der Waals surface area contributed by atoms with E-state index in [2.05, 4.69) is 22.1 Å². The molecule has 0 saturated heterocycles. The molecule has 0 aliphatic rings. The molecule has 4 nitrogen and oxygen atoms in total. The van der Waals surface area contributed by atoms with Crippen molar-refractivity contribution >= 4 is 5.95 Å². The van der Waals surface area contributed by atoms with Crippen LogP contribution in [0.1, 0.15) is 12.0 Å². The Labute approximate surface area is 114 Å². The summed E-state index contributed by atoms with van der Waals surface area (Å²) in [6.45, 7) is 2.30. The van der Waals surface area contributed by atoms with Crippen molar-refractivity contribution in [1.82, 2.24) is 9.97 Å². The van der Waals surface area contributed by atoms with Crippen molar-refractivity contribution in [2.24, 2.45) is 0 Å². The van der Waals surface area contributed by atoms with Gasteiger partial charge >= 0.3 is 0 Å². The summed E-state index contributed by atoms with van der Waals surface area (Å²) in [5, 5.41) is 0. The minimum Gasteiger partial charge on any atom is -0.377 e. The smallest absolute Gasteiger partial charge is 0.224 e. The lowest BCUT2D eigenvalue weighted by Crippen LogP contribution is -2.21. The van der Waals surface area contributed by atoms with Crippen LogP contribution in [0, 0.1) is 0 Å². The molecule has 0 bridgehead atoms. The molecule has 2 aromatic rings. The molecule has 19 heavy (non-hydrogen) atoms. The average Bonchev–Trinajstić information content (AvgIpc) is 2.49. The number of nitrogens with zero attached hydrogens (tertiary/aromatic N) is 3. The fourth-order valence-electron chi connectivity index (χ4n) is 1.76. The van der Waals surface area contributed by atoms with Gasteiger partial charge in [0.25, 0.3) is 0 Å². The number of aromatic nitrogens is 2. The van der Waals surface area contributed by atoms with E-state index in [1.807, 2.05) is 36.2 Å². The van der Waals surface area contributed by atoms with Crippen LogP contribution in [-0.4, -0.2) is 30.2 Å². The Morgan fingerprint density at radius 3 is 2.53 bits per heavy atom. The van der Waals surface area contributed by atoms with Gasteiger partial charge in [0.05, 0.1) is 6.61 Å². The molecule has 2 rings (SSSR count). The third-order valence-electron chi connectivity index (χ3n) is 2.79. The molecule has 0 spiro atoms. The van der Waals surface area contributed by atoms with Crippen LogP contribution in [0.5, 0.6) is 0 Å². The largest absolute Gasteiger partial charge is 0.377 e. The molecule has 1 aromatic carbocycles. The van der Waals surface area contributed by atoms with Crippen LogP contribution < -0.4 is 4.90 Å². The minimum atomic E-state index is 0.673. The van der Waals surface area contributed by atoms with Crippen LogP contribution in [0.15, 0.2) is 48.8 Å². The Balaban J connectivity index is 1.62. The zero-order valence-corrected chi connectivity index (χ0v) is 11.2. The second-order valence-corrected chi connectivity index (χ2v) is 4.36. The second-order valence-electron chi connectivity index (χ2n) is 4.36. The van der Waals surface area contributed by atoms with E-state index >= 15 is 0 Å². The van der Waals surface area contributed by atoms with Crippen LogP contribution >= 0.6 is 0 Å². The number of anilines is 1. The van der Waals surface area contributed by atoms with E-state index in [1.54, 1.807) is 12.4 Å². The Morgan fingerprint density at radius 1 is 1.05 bits per heavy atom. The molecule has 0 unspecified atom stereocenters. The Bertz CT molecular complexity index is 461. The summed E-state index contributed by atoms with van der Waals surface area (Å²) < 4.78 is 5.64. The topological polar surface area (TPSA) is 38.2 Å². The first kappa shape index (κ1) is 13.5.